The highest BCUT2D eigenvalue weighted by atomic mass is 16.5. The van der Waals surface area contributed by atoms with Crippen molar-refractivity contribution in [3.05, 3.63) is 35.3 Å². The van der Waals surface area contributed by atoms with Crippen molar-refractivity contribution >= 4 is 5.97 Å². The Kier molecular flexibility index (Phi) is 3.01. The highest BCUT2D eigenvalue weighted by Gasteiger charge is 2.22. The van der Waals surface area contributed by atoms with E-state index >= 15 is 0 Å². The smallest absolute Gasteiger partial charge is 0.343 e. The van der Waals surface area contributed by atoms with E-state index in [0.29, 0.717) is 17.1 Å². The monoisotopic (exact) mass is 247 g/mol. The minimum Gasteiger partial charge on any atom is -0.477 e. The van der Waals surface area contributed by atoms with Crippen LogP contribution in [-0.2, 0) is 7.05 Å². The zero-order valence-electron chi connectivity index (χ0n) is 10.3. The number of ether oxygens (including phenoxy) is 1. The van der Waals surface area contributed by atoms with Crippen LogP contribution in [0.2, 0.25) is 0 Å². The van der Waals surface area contributed by atoms with Gasteiger partial charge in [-0.15, -0.1) is 0 Å². The van der Waals surface area contributed by atoms with Crippen molar-refractivity contribution in [3.63, 3.8) is 0 Å². The molecule has 0 amide bonds. The predicted octanol–water partition coefficient (Wildman–Crippen LogP) is 1.92. The molecule has 0 saturated heterocycles. The molecule has 0 fully saturated rings. The highest BCUT2D eigenvalue weighted by molar-refractivity contribution is 5.91. The zero-order chi connectivity index (χ0) is 13.3. The van der Waals surface area contributed by atoms with Crippen LogP contribution in [0.25, 0.3) is 0 Å². The van der Waals surface area contributed by atoms with Crippen LogP contribution in [0, 0.1) is 13.8 Å². The number of pyridine rings is 1. The van der Waals surface area contributed by atoms with Gasteiger partial charge in [0.1, 0.15) is 5.56 Å². The molecular weight excluding hydrogens is 234 g/mol. The first-order valence-electron chi connectivity index (χ1n) is 5.37. The molecule has 0 aliphatic rings. The number of carbonyl (C=O) groups is 1. The van der Waals surface area contributed by atoms with E-state index < -0.39 is 5.97 Å². The van der Waals surface area contributed by atoms with Gasteiger partial charge in [-0.25, -0.2) is 9.48 Å². The molecule has 1 N–H and O–H groups in total. The van der Waals surface area contributed by atoms with Crippen molar-refractivity contribution in [1.82, 2.24) is 14.8 Å². The molecular formula is C12H13N3O3. The normalized spacial score (nSPS) is 10.4. The molecule has 2 aromatic rings. The fraction of sp³-hybridized carbons (Fsp3) is 0.250. The zero-order valence-corrected chi connectivity index (χ0v) is 10.3. The van der Waals surface area contributed by atoms with E-state index in [0.717, 1.165) is 0 Å². The Morgan fingerprint density at radius 2 is 2.11 bits per heavy atom. The van der Waals surface area contributed by atoms with Crippen LogP contribution in [0.3, 0.4) is 0 Å². The van der Waals surface area contributed by atoms with E-state index in [4.69, 9.17) is 9.84 Å². The summed E-state index contributed by atoms with van der Waals surface area (Å²) in [6, 6.07) is 3.46. The quantitative estimate of drug-likeness (QED) is 0.896. The lowest BCUT2D eigenvalue weighted by Gasteiger charge is -2.08. The van der Waals surface area contributed by atoms with Crippen LogP contribution in [0.5, 0.6) is 11.6 Å². The van der Waals surface area contributed by atoms with Crippen LogP contribution < -0.4 is 4.74 Å². The van der Waals surface area contributed by atoms with Crippen molar-refractivity contribution in [2.45, 2.75) is 13.8 Å². The van der Waals surface area contributed by atoms with Crippen molar-refractivity contribution in [3.8, 4) is 11.6 Å². The summed E-state index contributed by atoms with van der Waals surface area (Å²) in [6.45, 7) is 3.42. The number of rotatable bonds is 3. The summed E-state index contributed by atoms with van der Waals surface area (Å²) in [5.74, 6) is -0.337. The van der Waals surface area contributed by atoms with Gasteiger partial charge >= 0.3 is 5.97 Å². The first-order valence-corrected chi connectivity index (χ1v) is 5.37. The molecule has 0 unspecified atom stereocenters. The molecule has 2 heterocycles. The van der Waals surface area contributed by atoms with Crippen LogP contribution in [-0.4, -0.2) is 25.8 Å². The van der Waals surface area contributed by atoms with Crippen molar-refractivity contribution in [1.29, 1.82) is 0 Å². The summed E-state index contributed by atoms with van der Waals surface area (Å²) >= 11 is 0. The molecule has 94 valence electrons. The van der Waals surface area contributed by atoms with E-state index in [1.54, 1.807) is 39.2 Å². The summed E-state index contributed by atoms with van der Waals surface area (Å²) in [5.41, 5.74) is 1.18. The molecule has 0 aliphatic heterocycles. The van der Waals surface area contributed by atoms with E-state index in [2.05, 4.69) is 10.1 Å². The third kappa shape index (κ3) is 2.04. The highest BCUT2D eigenvalue weighted by Crippen LogP contribution is 2.28. The molecule has 0 saturated carbocycles. The van der Waals surface area contributed by atoms with E-state index in [-0.39, 0.29) is 11.4 Å². The summed E-state index contributed by atoms with van der Waals surface area (Å²) in [7, 11) is 1.64. The predicted molar refractivity (Wildman–Crippen MR) is 64.0 cm³/mol. The van der Waals surface area contributed by atoms with E-state index in [1.165, 1.54) is 4.68 Å². The third-order valence-corrected chi connectivity index (χ3v) is 2.55. The summed E-state index contributed by atoms with van der Waals surface area (Å²) < 4.78 is 7.02. The van der Waals surface area contributed by atoms with Gasteiger partial charge in [0.15, 0.2) is 5.75 Å². The average Bonchev–Trinajstić information content (AvgIpc) is 2.57. The molecule has 0 aliphatic carbocycles. The molecule has 0 bridgehead atoms. The standard InChI is InChI=1S/C12H13N3O3/c1-7-9(5-4-6-13-7)18-11-10(12(16)17)8(2)14-15(11)3/h4-6H,1-3H3,(H,16,17). The molecule has 0 radical (unpaired) electrons. The summed E-state index contributed by atoms with van der Waals surface area (Å²) in [5, 5.41) is 13.2. The maximum atomic E-state index is 11.2. The number of nitrogens with zero attached hydrogens (tertiary/aromatic N) is 3. The fourth-order valence-corrected chi connectivity index (χ4v) is 1.68. The second kappa shape index (κ2) is 4.48. The van der Waals surface area contributed by atoms with Crippen molar-refractivity contribution < 1.29 is 14.6 Å². The van der Waals surface area contributed by atoms with E-state index in [9.17, 15) is 4.79 Å². The third-order valence-electron chi connectivity index (χ3n) is 2.55. The number of hydrogen-bond acceptors (Lipinski definition) is 4. The molecule has 0 atom stereocenters. The fourth-order valence-electron chi connectivity index (χ4n) is 1.68. The first kappa shape index (κ1) is 12.1. The van der Waals surface area contributed by atoms with Crippen LogP contribution >= 0.6 is 0 Å². The summed E-state index contributed by atoms with van der Waals surface area (Å²) in [4.78, 5) is 15.3. The summed E-state index contributed by atoms with van der Waals surface area (Å²) in [6.07, 6.45) is 1.65. The van der Waals surface area contributed by atoms with Crippen molar-refractivity contribution in [2.75, 3.05) is 0 Å². The molecule has 2 aromatic heterocycles. The minimum absolute atomic E-state index is 0.0701. The van der Waals surface area contributed by atoms with Gasteiger partial charge in [0.25, 0.3) is 0 Å². The van der Waals surface area contributed by atoms with Crippen LogP contribution in [0.1, 0.15) is 21.7 Å². The van der Waals surface area contributed by atoms with Gasteiger partial charge in [-0.3, -0.25) is 4.98 Å². The van der Waals surface area contributed by atoms with Gasteiger partial charge in [-0.1, -0.05) is 0 Å². The number of carboxylic acids is 1. The Bertz CT molecular complexity index is 605. The number of aryl methyl sites for hydroxylation is 3. The SMILES string of the molecule is Cc1ncccc1Oc1c(C(=O)O)c(C)nn1C. The lowest BCUT2D eigenvalue weighted by Crippen LogP contribution is -2.02. The van der Waals surface area contributed by atoms with E-state index in [1.807, 2.05) is 0 Å². The maximum absolute atomic E-state index is 11.2. The molecule has 6 nitrogen and oxygen atoms in total. The Hall–Kier alpha value is -2.37. The van der Waals surface area contributed by atoms with Gasteiger partial charge in [0.05, 0.1) is 11.4 Å². The Morgan fingerprint density at radius 3 is 2.72 bits per heavy atom. The first-order chi connectivity index (χ1) is 8.50. The number of carboxylic acid groups (broad SMARTS) is 1. The maximum Gasteiger partial charge on any atom is 0.343 e. The Morgan fingerprint density at radius 1 is 1.39 bits per heavy atom. The molecule has 18 heavy (non-hydrogen) atoms. The topological polar surface area (TPSA) is 77.2 Å². The molecule has 6 heteroatoms. The number of aromatic nitrogens is 3. The van der Waals surface area contributed by atoms with Gasteiger partial charge < -0.3 is 9.84 Å². The Balaban J connectivity index is 2.47. The lowest BCUT2D eigenvalue weighted by atomic mass is 10.2. The minimum atomic E-state index is -1.06. The average molecular weight is 247 g/mol. The lowest BCUT2D eigenvalue weighted by molar-refractivity contribution is 0.0693. The van der Waals surface area contributed by atoms with Gasteiger partial charge in [-0.05, 0) is 26.0 Å². The number of aromatic carboxylic acids is 1. The van der Waals surface area contributed by atoms with Crippen LogP contribution in [0.4, 0.5) is 0 Å². The van der Waals surface area contributed by atoms with Crippen molar-refractivity contribution in [2.24, 2.45) is 7.05 Å². The van der Waals surface area contributed by atoms with Gasteiger partial charge in [-0.2, -0.15) is 5.10 Å². The molecule has 0 spiro atoms. The van der Waals surface area contributed by atoms with Gasteiger partial charge in [0.2, 0.25) is 5.88 Å². The number of hydrogen-bond donors (Lipinski definition) is 1. The second-order valence-electron chi connectivity index (χ2n) is 3.88. The molecule has 0 aromatic carbocycles. The molecule has 2 rings (SSSR count). The van der Waals surface area contributed by atoms with Gasteiger partial charge in [0, 0.05) is 13.2 Å². The Labute approximate surface area is 104 Å². The second-order valence-corrected chi connectivity index (χ2v) is 3.88. The van der Waals surface area contributed by atoms with Crippen LogP contribution in [0.15, 0.2) is 18.3 Å². The largest absolute Gasteiger partial charge is 0.477 e.